The predicted octanol–water partition coefficient (Wildman–Crippen LogP) is 4.48. The van der Waals surface area contributed by atoms with Gasteiger partial charge in [0.1, 0.15) is 11.3 Å². The van der Waals surface area contributed by atoms with Crippen molar-refractivity contribution < 1.29 is 4.39 Å². The molecular formula is C15H15ClFN3S. The lowest BCUT2D eigenvalue weighted by atomic mass is 10.3. The van der Waals surface area contributed by atoms with Gasteiger partial charge in [-0.05, 0) is 26.0 Å². The summed E-state index contributed by atoms with van der Waals surface area (Å²) >= 11 is 7.84. The molecule has 3 rings (SSSR count). The lowest BCUT2D eigenvalue weighted by Gasteiger charge is -2.09. The SMILES string of the molecule is Cc1csc(CCn2c(C(C)Cl)nc3c(F)cccc32)n1. The van der Waals surface area contributed by atoms with Gasteiger partial charge in [-0.3, -0.25) is 0 Å². The van der Waals surface area contributed by atoms with Crippen LogP contribution < -0.4 is 0 Å². The van der Waals surface area contributed by atoms with Gasteiger partial charge in [0, 0.05) is 24.0 Å². The van der Waals surface area contributed by atoms with Crippen molar-refractivity contribution in [3.05, 3.63) is 45.9 Å². The number of alkyl halides is 1. The van der Waals surface area contributed by atoms with E-state index in [1.54, 1.807) is 17.4 Å². The van der Waals surface area contributed by atoms with E-state index < -0.39 is 0 Å². The van der Waals surface area contributed by atoms with Crippen LogP contribution in [-0.2, 0) is 13.0 Å². The molecule has 3 aromatic rings. The molecule has 0 spiro atoms. The molecule has 0 aliphatic heterocycles. The van der Waals surface area contributed by atoms with Crippen LogP contribution in [0.1, 0.15) is 28.8 Å². The van der Waals surface area contributed by atoms with Crippen molar-refractivity contribution >= 4 is 34.0 Å². The second-order valence-corrected chi connectivity index (χ2v) is 6.58. The summed E-state index contributed by atoms with van der Waals surface area (Å²) in [5.74, 6) is 0.389. The molecule has 1 aromatic carbocycles. The third-order valence-electron chi connectivity index (χ3n) is 3.33. The molecule has 0 aliphatic rings. The molecule has 0 amide bonds. The number of imidazole rings is 1. The van der Waals surface area contributed by atoms with E-state index >= 15 is 0 Å². The minimum Gasteiger partial charge on any atom is -0.326 e. The van der Waals surface area contributed by atoms with Crippen LogP contribution in [0.15, 0.2) is 23.6 Å². The van der Waals surface area contributed by atoms with E-state index in [0.717, 1.165) is 22.6 Å². The number of hydrogen-bond acceptors (Lipinski definition) is 3. The number of hydrogen-bond donors (Lipinski definition) is 0. The molecule has 2 aromatic heterocycles. The molecule has 0 bridgehead atoms. The van der Waals surface area contributed by atoms with E-state index in [1.807, 2.05) is 29.9 Å². The number of nitrogens with zero attached hydrogens (tertiary/aromatic N) is 3. The summed E-state index contributed by atoms with van der Waals surface area (Å²) in [5.41, 5.74) is 2.20. The Labute approximate surface area is 131 Å². The molecule has 2 heterocycles. The van der Waals surface area contributed by atoms with Crippen molar-refractivity contribution in [3.8, 4) is 0 Å². The van der Waals surface area contributed by atoms with Gasteiger partial charge in [0.2, 0.25) is 0 Å². The summed E-state index contributed by atoms with van der Waals surface area (Å²) in [4.78, 5) is 8.83. The highest BCUT2D eigenvalue weighted by atomic mass is 35.5. The second-order valence-electron chi connectivity index (χ2n) is 4.98. The molecular weight excluding hydrogens is 309 g/mol. The molecule has 110 valence electrons. The molecule has 0 saturated carbocycles. The third kappa shape index (κ3) is 2.80. The molecule has 0 fully saturated rings. The summed E-state index contributed by atoms with van der Waals surface area (Å²) in [6.07, 6.45) is 0.789. The predicted molar refractivity (Wildman–Crippen MR) is 84.5 cm³/mol. The molecule has 0 saturated heterocycles. The maximum atomic E-state index is 13.9. The van der Waals surface area contributed by atoms with Gasteiger partial charge in [-0.2, -0.15) is 0 Å². The smallest absolute Gasteiger partial charge is 0.151 e. The van der Waals surface area contributed by atoms with Gasteiger partial charge < -0.3 is 4.57 Å². The van der Waals surface area contributed by atoms with Crippen LogP contribution in [0.2, 0.25) is 0 Å². The molecule has 1 unspecified atom stereocenters. The van der Waals surface area contributed by atoms with E-state index in [1.165, 1.54) is 6.07 Å². The maximum Gasteiger partial charge on any atom is 0.151 e. The van der Waals surface area contributed by atoms with Crippen LogP contribution in [0.5, 0.6) is 0 Å². The molecule has 0 radical (unpaired) electrons. The minimum absolute atomic E-state index is 0.269. The summed E-state index contributed by atoms with van der Waals surface area (Å²) in [7, 11) is 0. The Kier molecular flexibility index (Phi) is 3.95. The first-order valence-electron chi connectivity index (χ1n) is 6.76. The van der Waals surface area contributed by atoms with E-state index in [4.69, 9.17) is 11.6 Å². The third-order valence-corrected chi connectivity index (χ3v) is 4.55. The first-order chi connectivity index (χ1) is 10.1. The van der Waals surface area contributed by atoms with Gasteiger partial charge in [0.25, 0.3) is 0 Å². The summed E-state index contributed by atoms with van der Waals surface area (Å²) in [6, 6.07) is 5.00. The quantitative estimate of drug-likeness (QED) is 0.663. The first-order valence-corrected chi connectivity index (χ1v) is 8.07. The van der Waals surface area contributed by atoms with Crippen molar-refractivity contribution in [3.63, 3.8) is 0 Å². The Morgan fingerprint density at radius 1 is 1.38 bits per heavy atom. The maximum absolute atomic E-state index is 13.9. The van der Waals surface area contributed by atoms with Gasteiger partial charge in [-0.15, -0.1) is 22.9 Å². The summed E-state index contributed by atoms with van der Waals surface area (Å²) in [6.45, 7) is 4.53. The van der Waals surface area contributed by atoms with Crippen LogP contribution in [0.25, 0.3) is 11.0 Å². The van der Waals surface area contributed by atoms with Gasteiger partial charge >= 0.3 is 0 Å². The van der Waals surface area contributed by atoms with Crippen molar-refractivity contribution in [2.75, 3.05) is 0 Å². The van der Waals surface area contributed by atoms with Gasteiger partial charge in [-0.25, -0.2) is 14.4 Å². The zero-order valence-electron chi connectivity index (χ0n) is 11.8. The Morgan fingerprint density at radius 3 is 2.86 bits per heavy atom. The molecule has 3 nitrogen and oxygen atoms in total. The number of rotatable bonds is 4. The lowest BCUT2D eigenvalue weighted by Crippen LogP contribution is -2.06. The molecule has 21 heavy (non-hydrogen) atoms. The van der Waals surface area contributed by atoms with Crippen LogP contribution in [-0.4, -0.2) is 14.5 Å². The van der Waals surface area contributed by atoms with Crippen LogP contribution in [0.3, 0.4) is 0 Å². The zero-order chi connectivity index (χ0) is 15.0. The van der Waals surface area contributed by atoms with Gasteiger partial charge in [-0.1, -0.05) is 6.07 Å². The van der Waals surface area contributed by atoms with Crippen LogP contribution >= 0.6 is 22.9 Å². The Hall–Kier alpha value is -1.46. The lowest BCUT2D eigenvalue weighted by molar-refractivity contribution is 0.637. The number of fused-ring (bicyclic) bond motifs is 1. The van der Waals surface area contributed by atoms with E-state index in [-0.39, 0.29) is 11.2 Å². The fourth-order valence-corrected chi connectivity index (χ4v) is 3.33. The first kappa shape index (κ1) is 14.5. The van der Waals surface area contributed by atoms with Crippen molar-refractivity contribution in [1.82, 2.24) is 14.5 Å². The monoisotopic (exact) mass is 323 g/mol. The average Bonchev–Trinajstić information content (AvgIpc) is 3.01. The molecule has 1 atom stereocenters. The Bertz CT molecular complexity index is 778. The highest BCUT2D eigenvalue weighted by Crippen LogP contribution is 2.26. The normalized spacial score (nSPS) is 13.0. The zero-order valence-corrected chi connectivity index (χ0v) is 13.4. The summed E-state index contributed by atoms with van der Waals surface area (Å²) < 4.78 is 15.9. The number of para-hydroxylation sites is 1. The van der Waals surface area contributed by atoms with Crippen molar-refractivity contribution in [1.29, 1.82) is 0 Å². The fourth-order valence-electron chi connectivity index (χ4n) is 2.39. The van der Waals surface area contributed by atoms with Gasteiger partial charge in [0.15, 0.2) is 5.82 Å². The van der Waals surface area contributed by atoms with Crippen molar-refractivity contribution in [2.45, 2.75) is 32.2 Å². The molecule has 0 N–H and O–H groups in total. The van der Waals surface area contributed by atoms with Crippen LogP contribution in [0, 0.1) is 12.7 Å². The van der Waals surface area contributed by atoms with E-state index in [9.17, 15) is 4.39 Å². The summed E-state index contributed by atoms with van der Waals surface area (Å²) in [5, 5.41) is 2.83. The average molecular weight is 324 g/mol. The molecule has 0 aliphatic carbocycles. The highest BCUT2D eigenvalue weighted by Gasteiger charge is 2.17. The van der Waals surface area contributed by atoms with E-state index in [2.05, 4.69) is 9.97 Å². The van der Waals surface area contributed by atoms with Gasteiger partial charge in [0.05, 0.1) is 15.9 Å². The number of benzene rings is 1. The largest absolute Gasteiger partial charge is 0.326 e. The van der Waals surface area contributed by atoms with Crippen molar-refractivity contribution in [2.24, 2.45) is 0 Å². The fraction of sp³-hybridized carbons (Fsp3) is 0.333. The van der Waals surface area contributed by atoms with Crippen LogP contribution in [0.4, 0.5) is 4.39 Å². The second kappa shape index (κ2) is 5.73. The number of aryl methyl sites for hydroxylation is 3. The highest BCUT2D eigenvalue weighted by molar-refractivity contribution is 7.09. The number of aromatic nitrogens is 3. The minimum atomic E-state index is -0.310. The standard InChI is InChI=1S/C15H15ClFN3S/c1-9-8-21-13(18-9)6-7-20-12-5-3-4-11(17)14(12)19-15(20)10(2)16/h3-5,8,10H,6-7H2,1-2H3. The Morgan fingerprint density at radius 2 is 2.19 bits per heavy atom. The number of halogens is 2. The molecule has 6 heteroatoms. The topological polar surface area (TPSA) is 30.7 Å². The number of thiazole rings is 1. The van der Waals surface area contributed by atoms with E-state index in [0.29, 0.717) is 17.9 Å². The Balaban J connectivity index is 1.99.